The van der Waals surface area contributed by atoms with E-state index in [4.69, 9.17) is 5.73 Å². The number of nitrogens with zero attached hydrogens (tertiary/aromatic N) is 4. The van der Waals surface area contributed by atoms with Crippen LogP contribution in [-0.2, 0) is 6.54 Å². The Morgan fingerprint density at radius 2 is 2.25 bits per heavy atom. The average molecular weight is 231 g/mol. The number of rotatable bonds is 2. The van der Waals surface area contributed by atoms with Gasteiger partial charge in [0.05, 0.1) is 11.9 Å². The number of aromatic nitrogens is 4. The summed E-state index contributed by atoms with van der Waals surface area (Å²) in [7, 11) is 0. The first-order valence-corrected chi connectivity index (χ1v) is 5.65. The molecule has 80 valence electrons. The van der Waals surface area contributed by atoms with Crippen LogP contribution in [-0.4, -0.2) is 19.6 Å². The van der Waals surface area contributed by atoms with E-state index >= 15 is 0 Å². The molecule has 0 saturated heterocycles. The highest BCUT2D eigenvalue weighted by molar-refractivity contribution is 7.16. The first-order valence-electron chi connectivity index (χ1n) is 4.83. The maximum Gasteiger partial charge on any atom is 0.212 e. The van der Waals surface area contributed by atoms with Gasteiger partial charge in [-0.15, -0.1) is 0 Å². The molecule has 16 heavy (non-hydrogen) atoms. The van der Waals surface area contributed by atoms with Crippen LogP contribution in [0.1, 0.15) is 5.01 Å². The quantitative estimate of drug-likeness (QED) is 0.722. The molecule has 3 aromatic heterocycles. The van der Waals surface area contributed by atoms with Crippen molar-refractivity contribution in [3.05, 3.63) is 35.6 Å². The minimum atomic E-state index is 0.451. The predicted molar refractivity (Wildman–Crippen MR) is 62.0 cm³/mol. The zero-order valence-corrected chi connectivity index (χ0v) is 9.18. The van der Waals surface area contributed by atoms with Gasteiger partial charge in [-0.1, -0.05) is 17.4 Å². The van der Waals surface area contributed by atoms with Crippen LogP contribution in [0.3, 0.4) is 0 Å². The largest absolute Gasteiger partial charge is 0.324 e. The second kappa shape index (κ2) is 3.66. The third kappa shape index (κ3) is 1.48. The van der Waals surface area contributed by atoms with Crippen molar-refractivity contribution in [2.45, 2.75) is 6.54 Å². The van der Waals surface area contributed by atoms with E-state index in [-0.39, 0.29) is 0 Å². The molecule has 5 nitrogen and oxygen atoms in total. The smallest absolute Gasteiger partial charge is 0.212 e. The van der Waals surface area contributed by atoms with Crippen LogP contribution in [0.5, 0.6) is 0 Å². The Balaban J connectivity index is 2.10. The van der Waals surface area contributed by atoms with Gasteiger partial charge < -0.3 is 5.73 Å². The molecule has 0 bridgehead atoms. The molecule has 0 amide bonds. The van der Waals surface area contributed by atoms with E-state index in [1.807, 2.05) is 24.4 Å². The third-order valence-electron chi connectivity index (χ3n) is 2.19. The topological polar surface area (TPSA) is 69.1 Å². The third-order valence-corrected chi connectivity index (χ3v) is 3.13. The first kappa shape index (κ1) is 9.44. The summed E-state index contributed by atoms with van der Waals surface area (Å²) in [6.07, 6.45) is 3.62. The highest BCUT2D eigenvalue weighted by Gasteiger charge is 2.08. The number of pyridine rings is 1. The van der Waals surface area contributed by atoms with Crippen LogP contribution >= 0.6 is 11.3 Å². The SMILES string of the molecule is NCc1nn2cc(-c3ccccn3)nc2s1. The summed E-state index contributed by atoms with van der Waals surface area (Å²) in [6, 6.07) is 5.75. The van der Waals surface area contributed by atoms with Crippen LogP contribution in [0, 0.1) is 0 Å². The molecule has 2 N–H and O–H groups in total. The van der Waals surface area contributed by atoms with Crippen LogP contribution in [0.2, 0.25) is 0 Å². The molecule has 0 radical (unpaired) electrons. The van der Waals surface area contributed by atoms with Gasteiger partial charge in [-0.2, -0.15) is 5.10 Å². The van der Waals surface area contributed by atoms with Crippen LogP contribution in [0.4, 0.5) is 0 Å². The van der Waals surface area contributed by atoms with Gasteiger partial charge in [0.15, 0.2) is 0 Å². The maximum absolute atomic E-state index is 5.52. The summed E-state index contributed by atoms with van der Waals surface area (Å²) < 4.78 is 1.75. The molecule has 0 aliphatic heterocycles. The molecule has 0 unspecified atom stereocenters. The molecule has 6 heteroatoms. The molecular formula is C10H9N5S. The van der Waals surface area contributed by atoms with Gasteiger partial charge in [-0.3, -0.25) is 4.98 Å². The van der Waals surface area contributed by atoms with Crippen LogP contribution in [0.15, 0.2) is 30.6 Å². The van der Waals surface area contributed by atoms with Crippen molar-refractivity contribution in [1.29, 1.82) is 0 Å². The van der Waals surface area contributed by atoms with E-state index in [1.54, 1.807) is 10.7 Å². The average Bonchev–Trinajstić information content (AvgIpc) is 2.87. The molecule has 0 fully saturated rings. The Kier molecular flexibility index (Phi) is 2.16. The Hall–Kier alpha value is -1.79. The Morgan fingerprint density at radius 3 is 2.94 bits per heavy atom. The number of hydrogen-bond donors (Lipinski definition) is 1. The molecule has 0 atom stereocenters. The summed E-state index contributed by atoms with van der Waals surface area (Å²) in [4.78, 5) is 9.54. The van der Waals surface area contributed by atoms with Crippen molar-refractivity contribution in [3.63, 3.8) is 0 Å². The lowest BCUT2D eigenvalue weighted by Gasteiger charge is -1.91. The zero-order valence-electron chi connectivity index (χ0n) is 8.37. The van der Waals surface area contributed by atoms with Gasteiger partial charge in [-0.05, 0) is 12.1 Å². The van der Waals surface area contributed by atoms with Crippen molar-refractivity contribution in [3.8, 4) is 11.4 Å². The molecule has 0 aliphatic carbocycles. The molecule has 0 saturated carbocycles. The number of fused-ring (bicyclic) bond motifs is 1. The van der Waals surface area contributed by atoms with E-state index in [0.717, 1.165) is 21.4 Å². The van der Waals surface area contributed by atoms with Gasteiger partial charge >= 0.3 is 0 Å². The fourth-order valence-electron chi connectivity index (χ4n) is 1.46. The number of imidazole rings is 1. The number of hydrogen-bond acceptors (Lipinski definition) is 5. The first-order chi connectivity index (χ1) is 7.86. The highest BCUT2D eigenvalue weighted by atomic mass is 32.1. The van der Waals surface area contributed by atoms with Crippen molar-refractivity contribution in [2.75, 3.05) is 0 Å². The Labute approximate surface area is 95.6 Å². The molecule has 3 heterocycles. The van der Waals surface area contributed by atoms with Gasteiger partial charge in [0.1, 0.15) is 10.7 Å². The molecular weight excluding hydrogens is 222 g/mol. The van der Waals surface area contributed by atoms with E-state index in [2.05, 4.69) is 15.1 Å². The van der Waals surface area contributed by atoms with E-state index in [9.17, 15) is 0 Å². The van der Waals surface area contributed by atoms with E-state index < -0.39 is 0 Å². The van der Waals surface area contributed by atoms with Crippen molar-refractivity contribution in [1.82, 2.24) is 19.6 Å². The molecule has 3 rings (SSSR count). The lowest BCUT2D eigenvalue weighted by molar-refractivity contribution is 0.896. The summed E-state index contributed by atoms with van der Waals surface area (Å²) in [5.74, 6) is 0. The minimum Gasteiger partial charge on any atom is -0.324 e. The second-order valence-electron chi connectivity index (χ2n) is 3.27. The molecule has 0 aromatic carbocycles. The second-order valence-corrected chi connectivity index (χ2v) is 4.31. The summed E-state index contributed by atoms with van der Waals surface area (Å²) in [5.41, 5.74) is 7.21. The maximum atomic E-state index is 5.52. The minimum absolute atomic E-state index is 0.451. The van der Waals surface area contributed by atoms with Gasteiger partial charge in [0, 0.05) is 12.7 Å². The van der Waals surface area contributed by atoms with Crippen molar-refractivity contribution < 1.29 is 0 Å². The van der Waals surface area contributed by atoms with Crippen LogP contribution in [0.25, 0.3) is 16.3 Å². The Bertz CT molecular complexity index is 581. The normalized spacial score (nSPS) is 11.1. The lowest BCUT2D eigenvalue weighted by Crippen LogP contribution is -1.95. The molecule has 3 aromatic rings. The van der Waals surface area contributed by atoms with Gasteiger partial charge in [-0.25, -0.2) is 9.50 Å². The van der Waals surface area contributed by atoms with Gasteiger partial charge in [0.25, 0.3) is 0 Å². The fraction of sp³-hybridized carbons (Fsp3) is 0.100. The van der Waals surface area contributed by atoms with E-state index in [1.165, 1.54) is 11.3 Å². The van der Waals surface area contributed by atoms with Crippen molar-refractivity contribution >= 4 is 16.3 Å². The molecule has 0 aliphatic rings. The summed E-state index contributed by atoms with van der Waals surface area (Å²) in [5, 5.41) is 5.18. The Morgan fingerprint density at radius 1 is 1.31 bits per heavy atom. The standard InChI is InChI=1S/C10H9N5S/c11-5-9-14-15-6-8(13-10(15)16-9)7-3-1-2-4-12-7/h1-4,6H,5,11H2. The van der Waals surface area contributed by atoms with Crippen LogP contribution < -0.4 is 5.73 Å². The zero-order chi connectivity index (χ0) is 11.0. The summed E-state index contributed by atoms with van der Waals surface area (Å²) in [6.45, 7) is 0.451. The number of nitrogens with two attached hydrogens (primary N) is 1. The lowest BCUT2D eigenvalue weighted by atomic mass is 10.3. The highest BCUT2D eigenvalue weighted by Crippen LogP contribution is 2.19. The fourth-order valence-corrected chi connectivity index (χ4v) is 2.22. The van der Waals surface area contributed by atoms with Gasteiger partial charge in [0.2, 0.25) is 4.96 Å². The predicted octanol–water partition coefficient (Wildman–Crippen LogP) is 1.31. The summed E-state index contributed by atoms with van der Waals surface area (Å²) >= 11 is 1.50. The molecule has 0 spiro atoms. The van der Waals surface area contributed by atoms with Crippen molar-refractivity contribution in [2.24, 2.45) is 5.73 Å². The monoisotopic (exact) mass is 231 g/mol. The van der Waals surface area contributed by atoms with E-state index in [0.29, 0.717) is 6.54 Å².